The Kier molecular flexibility index (Phi) is 5.40. The second-order valence-corrected chi connectivity index (χ2v) is 6.17. The van der Waals surface area contributed by atoms with E-state index >= 15 is 0 Å². The molecule has 2 aromatic carbocycles. The van der Waals surface area contributed by atoms with Crippen molar-refractivity contribution in [1.29, 1.82) is 0 Å². The highest BCUT2D eigenvalue weighted by Gasteiger charge is 2.17. The second-order valence-electron chi connectivity index (χ2n) is 6.17. The van der Waals surface area contributed by atoms with E-state index in [2.05, 4.69) is 62.5 Å². The summed E-state index contributed by atoms with van der Waals surface area (Å²) in [7, 11) is 0. The molecular weight excluding hydrogens is 258 g/mol. The molecule has 0 aliphatic rings. The van der Waals surface area contributed by atoms with E-state index in [9.17, 15) is 0 Å². The van der Waals surface area contributed by atoms with Crippen LogP contribution in [0.25, 0.3) is 0 Å². The maximum atomic E-state index is 5.78. The molecule has 0 amide bonds. The summed E-state index contributed by atoms with van der Waals surface area (Å²) in [6.45, 7) is 7.96. The van der Waals surface area contributed by atoms with E-state index in [-0.39, 0.29) is 5.54 Å². The van der Waals surface area contributed by atoms with Gasteiger partial charge in [0, 0.05) is 17.8 Å². The van der Waals surface area contributed by atoms with Gasteiger partial charge in [-0.1, -0.05) is 42.5 Å². The summed E-state index contributed by atoms with van der Waals surface area (Å²) >= 11 is 0. The molecule has 0 aliphatic heterocycles. The van der Waals surface area contributed by atoms with Crippen molar-refractivity contribution >= 4 is 5.69 Å². The fourth-order valence-corrected chi connectivity index (χ4v) is 2.27. The van der Waals surface area contributed by atoms with Crippen LogP contribution in [0.5, 0.6) is 0 Å². The molecule has 0 spiro atoms. The third-order valence-corrected chi connectivity index (χ3v) is 3.48. The summed E-state index contributed by atoms with van der Waals surface area (Å²) in [5.74, 6) is 0. The number of nitrogens with one attached hydrogen (secondary N) is 1. The van der Waals surface area contributed by atoms with Crippen LogP contribution in [0.1, 0.15) is 31.4 Å². The maximum Gasteiger partial charge on any atom is 0.0716 e. The number of hydrogen-bond acceptors (Lipinski definition) is 2. The van der Waals surface area contributed by atoms with Crippen LogP contribution in [0, 0.1) is 6.92 Å². The molecule has 2 aromatic rings. The van der Waals surface area contributed by atoms with E-state index in [1.165, 1.54) is 16.8 Å². The van der Waals surface area contributed by atoms with Crippen LogP contribution >= 0.6 is 0 Å². The van der Waals surface area contributed by atoms with Gasteiger partial charge in [-0.25, -0.2) is 0 Å². The molecule has 0 radical (unpaired) electrons. The summed E-state index contributed by atoms with van der Waals surface area (Å²) in [6.07, 6.45) is 0.966. The van der Waals surface area contributed by atoms with Gasteiger partial charge in [0.1, 0.15) is 0 Å². The van der Waals surface area contributed by atoms with E-state index in [4.69, 9.17) is 4.74 Å². The average molecular weight is 283 g/mol. The largest absolute Gasteiger partial charge is 0.380 e. The Labute approximate surface area is 128 Å². The zero-order valence-corrected chi connectivity index (χ0v) is 13.2. The van der Waals surface area contributed by atoms with Crippen LogP contribution in [0.2, 0.25) is 0 Å². The van der Waals surface area contributed by atoms with Crippen molar-refractivity contribution in [3.8, 4) is 0 Å². The molecular formula is C19H25NO. The van der Waals surface area contributed by atoms with E-state index in [1.54, 1.807) is 0 Å². The molecule has 1 N–H and O–H groups in total. The standard InChI is InChI=1S/C19H25NO/c1-16-8-7-11-18(14-16)20-19(2,3)12-13-21-15-17-9-5-4-6-10-17/h4-11,14,20H,12-13,15H2,1-3H3. The Morgan fingerprint density at radius 2 is 1.76 bits per heavy atom. The zero-order valence-electron chi connectivity index (χ0n) is 13.2. The Hall–Kier alpha value is -1.80. The van der Waals surface area contributed by atoms with Gasteiger partial charge in [0.2, 0.25) is 0 Å². The molecule has 0 aromatic heterocycles. The predicted octanol–water partition coefficient (Wildman–Crippen LogP) is 4.79. The number of anilines is 1. The summed E-state index contributed by atoms with van der Waals surface area (Å²) in [5, 5.41) is 3.58. The lowest BCUT2D eigenvalue weighted by Crippen LogP contribution is -2.32. The molecule has 21 heavy (non-hydrogen) atoms. The van der Waals surface area contributed by atoms with Gasteiger partial charge in [0.05, 0.1) is 6.61 Å². The normalized spacial score (nSPS) is 11.4. The van der Waals surface area contributed by atoms with Crippen molar-refractivity contribution in [3.05, 3.63) is 65.7 Å². The minimum Gasteiger partial charge on any atom is -0.380 e. The van der Waals surface area contributed by atoms with Crippen LogP contribution in [0.4, 0.5) is 5.69 Å². The smallest absolute Gasteiger partial charge is 0.0716 e. The zero-order chi connectivity index (χ0) is 15.1. The Balaban J connectivity index is 1.76. The lowest BCUT2D eigenvalue weighted by atomic mass is 10.0. The number of ether oxygens (including phenoxy) is 1. The van der Waals surface area contributed by atoms with Gasteiger partial charge in [-0.05, 0) is 50.5 Å². The molecule has 0 atom stereocenters. The van der Waals surface area contributed by atoms with Crippen LogP contribution in [0.15, 0.2) is 54.6 Å². The van der Waals surface area contributed by atoms with Crippen LogP contribution in [-0.4, -0.2) is 12.1 Å². The lowest BCUT2D eigenvalue weighted by Gasteiger charge is -2.27. The van der Waals surface area contributed by atoms with Crippen LogP contribution in [-0.2, 0) is 11.3 Å². The number of aryl methyl sites for hydroxylation is 1. The van der Waals surface area contributed by atoms with E-state index < -0.39 is 0 Å². The maximum absolute atomic E-state index is 5.78. The highest BCUT2D eigenvalue weighted by molar-refractivity contribution is 5.47. The van der Waals surface area contributed by atoms with Crippen molar-refractivity contribution in [1.82, 2.24) is 0 Å². The molecule has 0 aliphatic carbocycles. The fraction of sp³-hybridized carbons (Fsp3) is 0.368. The first kappa shape index (κ1) is 15.6. The first-order valence-corrected chi connectivity index (χ1v) is 7.52. The topological polar surface area (TPSA) is 21.3 Å². The molecule has 2 nitrogen and oxygen atoms in total. The molecule has 0 heterocycles. The second kappa shape index (κ2) is 7.28. The van der Waals surface area contributed by atoms with Gasteiger partial charge in [-0.2, -0.15) is 0 Å². The van der Waals surface area contributed by atoms with Crippen molar-refractivity contribution in [2.75, 3.05) is 11.9 Å². The summed E-state index contributed by atoms with van der Waals surface area (Å²) in [6, 6.07) is 18.8. The fourth-order valence-electron chi connectivity index (χ4n) is 2.27. The van der Waals surface area contributed by atoms with E-state index in [1.807, 2.05) is 18.2 Å². The molecule has 0 saturated carbocycles. The third kappa shape index (κ3) is 5.60. The van der Waals surface area contributed by atoms with Crippen LogP contribution < -0.4 is 5.32 Å². The van der Waals surface area contributed by atoms with Gasteiger partial charge < -0.3 is 10.1 Å². The summed E-state index contributed by atoms with van der Waals surface area (Å²) < 4.78 is 5.78. The minimum absolute atomic E-state index is 0.0183. The molecule has 0 unspecified atom stereocenters. The van der Waals surface area contributed by atoms with Gasteiger partial charge in [-0.3, -0.25) is 0 Å². The van der Waals surface area contributed by atoms with E-state index in [0.717, 1.165) is 13.0 Å². The third-order valence-electron chi connectivity index (χ3n) is 3.48. The number of benzene rings is 2. The van der Waals surface area contributed by atoms with Gasteiger partial charge in [-0.15, -0.1) is 0 Å². The minimum atomic E-state index is 0.0183. The lowest BCUT2D eigenvalue weighted by molar-refractivity contribution is 0.109. The molecule has 0 bridgehead atoms. The van der Waals surface area contributed by atoms with Crippen molar-refractivity contribution in [2.24, 2.45) is 0 Å². The quantitative estimate of drug-likeness (QED) is 0.737. The number of hydrogen-bond donors (Lipinski definition) is 1. The Morgan fingerprint density at radius 3 is 2.48 bits per heavy atom. The van der Waals surface area contributed by atoms with Gasteiger partial charge in [0.15, 0.2) is 0 Å². The van der Waals surface area contributed by atoms with Crippen molar-refractivity contribution < 1.29 is 4.74 Å². The first-order valence-electron chi connectivity index (χ1n) is 7.52. The van der Waals surface area contributed by atoms with Gasteiger partial charge in [0.25, 0.3) is 0 Å². The highest BCUT2D eigenvalue weighted by atomic mass is 16.5. The molecule has 0 saturated heterocycles. The first-order chi connectivity index (χ1) is 10.1. The molecule has 2 rings (SSSR count). The molecule has 2 heteroatoms. The van der Waals surface area contributed by atoms with Gasteiger partial charge >= 0.3 is 0 Å². The summed E-state index contributed by atoms with van der Waals surface area (Å²) in [4.78, 5) is 0. The number of rotatable bonds is 7. The predicted molar refractivity (Wildman–Crippen MR) is 89.6 cm³/mol. The summed E-state index contributed by atoms with van der Waals surface area (Å²) in [5.41, 5.74) is 3.69. The van der Waals surface area contributed by atoms with Crippen molar-refractivity contribution in [2.45, 2.75) is 39.3 Å². The van der Waals surface area contributed by atoms with Crippen LogP contribution in [0.3, 0.4) is 0 Å². The highest BCUT2D eigenvalue weighted by Crippen LogP contribution is 2.19. The monoisotopic (exact) mass is 283 g/mol. The van der Waals surface area contributed by atoms with E-state index in [0.29, 0.717) is 6.61 Å². The molecule has 112 valence electrons. The Morgan fingerprint density at radius 1 is 1.00 bits per heavy atom. The average Bonchev–Trinajstić information content (AvgIpc) is 2.44. The Bertz CT molecular complexity index is 549. The van der Waals surface area contributed by atoms with Crippen molar-refractivity contribution in [3.63, 3.8) is 0 Å². The molecule has 0 fully saturated rings. The SMILES string of the molecule is Cc1cccc(NC(C)(C)CCOCc2ccccc2)c1.